The molecule has 2 aromatic carbocycles. The molecule has 1 amide bonds. The van der Waals surface area contributed by atoms with Gasteiger partial charge in [0.05, 0.1) is 11.3 Å². The highest BCUT2D eigenvalue weighted by atomic mass is 79.9. The molecular weight excluding hydrogens is 334 g/mol. The molecule has 0 spiro atoms. The van der Waals surface area contributed by atoms with Gasteiger partial charge in [-0.05, 0) is 49.2 Å². The van der Waals surface area contributed by atoms with Crippen LogP contribution >= 0.6 is 15.9 Å². The van der Waals surface area contributed by atoms with Gasteiger partial charge in [-0.3, -0.25) is 4.79 Å². The van der Waals surface area contributed by atoms with Gasteiger partial charge < -0.3 is 10.4 Å². The zero-order valence-corrected chi connectivity index (χ0v) is 13.2. The average Bonchev–Trinajstić information content (AvgIpc) is 2.41. The Morgan fingerprint density at radius 3 is 2.48 bits per heavy atom. The number of carbonyl (C=O) groups is 2. The minimum absolute atomic E-state index is 0.0934. The minimum atomic E-state index is -1.06. The zero-order chi connectivity index (χ0) is 15.6. The predicted molar refractivity (Wildman–Crippen MR) is 85.0 cm³/mol. The molecule has 0 radical (unpaired) electrons. The van der Waals surface area contributed by atoms with Gasteiger partial charge in [-0.1, -0.05) is 28.1 Å². The van der Waals surface area contributed by atoms with Crippen LogP contribution in [0, 0.1) is 13.8 Å². The summed E-state index contributed by atoms with van der Waals surface area (Å²) in [7, 11) is 0. The Labute approximate surface area is 130 Å². The monoisotopic (exact) mass is 347 g/mol. The molecule has 4 nitrogen and oxygen atoms in total. The van der Waals surface area contributed by atoms with Crippen molar-refractivity contribution in [1.82, 2.24) is 0 Å². The maximum Gasteiger partial charge on any atom is 0.337 e. The summed E-state index contributed by atoms with van der Waals surface area (Å²) in [5.41, 5.74) is 2.44. The third-order valence-corrected chi connectivity index (χ3v) is 3.53. The minimum Gasteiger partial charge on any atom is -0.478 e. The van der Waals surface area contributed by atoms with Crippen LogP contribution in [0.4, 0.5) is 5.69 Å². The van der Waals surface area contributed by atoms with Crippen molar-refractivity contribution >= 4 is 33.5 Å². The Hall–Kier alpha value is -2.14. The number of rotatable bonds is 3. The number of carboxylic acids is 1. The van der Waals surface area contributed by atoms with Gasteiger partial charge in [0.25, 0.3) is 5.91 Å². The van der Waals surface area contributed by atoms with Gasteiger partial charge in [0, 0.05) is 10.0 Å². The second-order valence-corrected chi connectivity index (χ2v) is 5.69. The molecule has 0 saturated heterocycles. The normalized spacial score (nSPS) is 10.2. The van der Waals surface area contributed by atoms with E-state index in [1.165, 1.54) is 0 Å². The van der Waals surface area contributed by atoms with Crippen LogP contribution in [-0.4, -0.2) is 17.0 Å². The molecule has 5 heteroatoms. The number of carboxylic acid groups (broad SMARTS) is 1. The van der Waals surface area contributed by atoms with Gasteiger partial charge >= 0.3 is 5.97 Å². The quantitative estimate of drug-likeness (QED) is 0.881. The van der Waals surface area contributed by atoms with E-state index >= 15 is 0 Å². The summed E-state index contributed by atoms with van der Waals surface area (Å²) in [6, 6.07) is 10.3. The molecule has 2 N–H and O–H groups in total. The molecule has 0 aliphatic heterocycles. The molecule has 2 rings (SSSR count). The number of halogens is 1. The summed E-state index contributed by atoms with van der Waals surface area (Å²) in [6.45, 7) is 3.59. The van der Waals surface area contributed by atoms with Gasteiger partial charge in [-0.25, -0.2) is 4.79 Å². The van der Waals surface area contributed by atoms with Crippen LogP contribution in [0.15, 0.2) is 40.9 Å². The molecule has 0 atom stereocenters. The molecule has 0 saturated carbocycles. The third-order valence-electron chi connectivity index (χ3n) is 3.04. The molecule has 0 bridgehead atoms. The van der Waals surface area contributed by atoms with E-state index in [0.717, 1.165) is 15.6 Å². The summed E-state index contributed by atoms with van der Waals surface area (Å²) in [5, 5.41) is 12.0. The second kappa shape index (κ2) is 6.10. The van der Waals surface area contributed by atoms with E-state index in [1.54, 1.807) is 31.2 Å². The Balaban J connectivity index is 2.39. The number of carbonyl (C=O) groups excluding carboxylic acids is 1. The lowest BCUT2D eigenvalue weighted by atomic mass is 10.0. The molecule has 0 fully saturated rings. The number of hydrogen-bond acceptors (Lipinski definition) is 2. The lowest BCUT2D eigenvalue weighted by Crippen LogP contribution is -2.16. The van der Waals surface area contributed by atoms with Crippen LogP contribution in [0.5, 0.6) is 0 Å². The van der Waals surface area contributed by atoms with E-state index in [0.29, 0.717) is 11.3 Å². The maximum absolute atomic E-state index is 12.3. The Morgan fingerprint density at radius 1 is 1.14 bits per heavy atom. The first-order valence-corrected chi connectivity index (χ1v) is 7.09. The number of aryl methyl sites for hydroxylation is 2. The molecule has 2 aromatic rings. The molecule has 0 aliphatic carbocycles. The van der Waals surface area contributed by atoms with E-state index in [1.807, 2.05) is 19.1 Å². The molecule has 0 aliphatic rings. The van der Waals surface area contributed by atoms with Crippen molar-refractivity contribution in [3.05, 3.63) is 63.1 Å². The van der Waals surface area contributed by atoms with E-state index < -0.39 is 5.97 Å². The van der Waals surface area contributed by atoms with Crippen LogP contribution in [0.1, 0.15) is 31.8 Å². The van der Waals surface area contributed by atoms with Crippen molar-refractivity contribution in [3.63, 3.8) is 0 Å². The number of nitrogens with one attached hydrogen (secondary N) is 1. The van der Waals surface area contributed by atoms with Crippen molar-refractivity contribution in [2.24, 2.45) is 0 Å². The fourth-order valence-electron chi connectivity index (χ4n) is 2.12. The molecule has 0 unspecified atom stereocenters. The fraction of sp³-hybridized carbons (Fsp3) is 0.125. The summed E-state index contributed by atoms with van der Waals surface area (Å²) in [4.78, 5) is 23.6. The zero-order valence-electron chi connectivity index (χ0n) is 11.6. The van der Waals surface area contributed by atoms with Gasteiger partial charge in [0.2, 0.25) is 0 Å². The Bertz CT molecular complexity index is 725. The van der Waals surface area contributed by atoms with Crippen LogP contribution < -0.4 is 5.32 Å². The first-order chi connectivity index (χ1) is 9.88. The number of anilines is 1. The SMILES string of the molecule is Cc1cc(C)c(NC(=O)c2cccc(Br)c2)c(C(=O)O)c1. The topological polar surface area (TPSA) is 66.4 Å². The van der Waals surface area contributed by atoms with Crippen molar-refractivity contribution in [2.45, 2.75) is 13.8 Å². The van der Waals surface area contributed by atoms with Crippen molar-refractivity contribution in [1.29, 1.82) is 0 Å². The Kier molecular flexibility index (Phi) is 4.43. The number of amides is 1. The van der Waals surface area contributed by atoms with E-state index in [9.17, 15) is 14.7 Å². The van der Waals surface area contributed by atoms with Crippen LogP contribution in [0.3, 0.4) is 0 Å². The van der Waals surface area contributed by atoms with Crippen LogP contribution in [0.2, 0.25) is 0 Å². The first kappa shape index (κ1) is 15.3. The van der Waals surface area contributed by atoms with Crippen LogP contribution in [-0.2, 0) is 0 Å². The lowest BCUT2D eigenvalue weighted by Gasteiger charge is -2.13. The van der Waals surface area contributed by atoms with Gasteiger partial charge in [-0.2, -0.15) is 0 Å². The van der Waals surface area contributed by atoms with Crippen molar-refractivity contribution in [3.8, 4) is 0 Å². The lowest BCUT2D eigenvalue weighted by molar-refractivity contribution is 0.0698. The van der Waals surface area contributed by atoms with Gasteiger partial charge in [0.15, 0.2) is 0 Å². The molecule has 0 aromatic heterocycles. The third kappa shape index (κ3) is 3.49. The van der Waals surface area contributed by atoms with E-state index in [4.69, 9.17) is 0 Å². The fourth-order valence-corrected chi connectivity index (χ4v) is 2.52. The van der Waals surface area contributed by atoms with E-state index in [-0.39, 0.29) is 11.5 Å². The predicted octanol–water partition coefficient (Wildman–Crippen LogP) is 4.02. The highest BCUT2D eigenvalue weighted by Gasteiger charge is 2.16. The smallest absolute Gasteiger partial charge is 0.337 e. The maximum atomic E-state index is 12.3. The molecule has 21 heavy (non-hydrogen) atoms. The standard InChI is InChI=1S/C16H14BrNO3/c1-9-6-10(2)14(13(7-9)16(20)21)18-15(19)11-4-3-5-12(17)8-11/h3-8H,1-2H3,(H,18,19)(H,20,21). The molecular formula is C16H14BrNO3. The summed E-state index contributed by atoms with van der Waals surface area (Å²) < 4.78 is 0.786. The number of hydrogen-bond donors (Lipinski definition) is 2. The average molecular weight is 348 g/mol. The highest BCUT2D eigenvalue weighted by Crippen LogP contribution is 2.24. The highest BCUT2D eigenvalue weighted by molar-refractivity contribution is 9.10. The summed E-state index contributed by atoms with van der Waals surface area (Å²) in [5.74, 6) is -1.41. The molecule has 108 valence electrons. The Morgan fingerprint density at radius 2 is 1.86 bits per heavy atom. The van der Waals surface area contributed by atoms with Gasteiger partial charge in [0.1, 0.15) is 0 Å². The van der Waals surface area contributed by atoms with E-state index in [2.05, 4.69) is 21.2 Å². The van der Waals surface area contributed by atoms with Crippen molar-refractivity contribution < 1.29 is 14.7 Å². The first-order valence-electron chi connectivity index (χ1n) is 6.30. The number of aromatic carboxylic acids is 1. The summed E-state index contributed by atoms with van der Waals surface area (Å²) >= 11 is 3.30. The summed E-state index contributed by atoms with van der Waals surface area (Å²) in [6.07, 6.45) is 0. The molecule has 0 heterocycles. The number of benzene rings is 2. The van der Waals surface area contributed by atoms with Gasteiger partial charge in [-0.15, -0.1) is 0 Å². The van der Waals surface area contributed by atoms with Crippen molar-refractivity contribution in [2.75, 3.05) is 5.32 Å². The second-order valence-electron chi connectivity index (χ2n) is 4.77. The van der Waals surface area contributed by atoms with Crippen LogP contribution in [0.25, 0.3) is 0 Å². The largest absolute Gasteiger partial charge is 0.478 e.